The van der Waals surface area contributed by atoms with Gasteiger partial charge in [0.2, 0.25) is 5.78 Å². The summed E-state index contributed by atoms with van der Waals surface area (Å²) in [6.45, 7) is 1.57. The molecule has 2 aromatic carbocycles. The molecule has 122 valence electrons. The maximum atomic E-state index is 12.8. The molecule has 5 heteroatoms. The second-order valence-corrected chi connectivity index (χ2v) is 5.25. The standard InChI is InChI=1S/C19H16O5/c1-11-16(20)15-13(9-10-14(22-2)19(15)23-3)24-18(11)17(21)12-7-5-4-6-8-12/h4-10H,1-3H3. The molecule has 0 amide bonds. The van der Waals surface area contributed by atoms with Crippen LogP contribution < -0.4 is 14.9 Å². The van der Waals surface area contributed by atoms with Crippen molar-refractivity contribution in [1.29, 1.82) is 0 Å². The number of ether oxygens (including phenoxy) is 2. The molecular weight excluding hydrogens is 308 g/mol. The van der Waals surface area contributed by atoms with Gasteiger partial charge < -0.3 is 13.9 Å². The van der Waals surface area contributed by atoms with Crippen molar-refractivity contribution in [1.82, 2.24) is 0 Å². The van der Waals surface area contributed by atoms with Gasteiger partial charge in [-0.3, -0.25) is 9.59 Å². The van der Waals surface area contributed by atoms with Crippen molar-refractivity contribution in [3.63, 3.8) is 0 Å². The Balaban J connectivity index is 2.29. The summed E-state index contributed by atoms with van der Waals surface area (Å²) in [6, 6.07) is 11.9. The molecule has 0 fully saturated rings. The summed E-state index contributed by atoms with van der Waals surface area (Å²) < 4.78 is 16.3. The molecule has 1 aromatic heterocycles. The second-order valence-electron chi connectivity index (χ2n) is 5.25. The second kappa shape index (κ2) is 6.20. The van der Waals surface area contributed by atoms with E-state index in [2.05, 4.69) is 0 Å². The molecule has 0 aliphatic heterocycles. The summed E-state index contributed by atoms with van der Waals surface area (Å²) >= 11 is 0. The molecule has 3 rings (SSSR count). The van der Waals surface area contributed by atoms with Crippen molar-refractivity contribution >= 4 is 16.8 Å². The minimum absolute atomic E-state index is 0.0333. The number of ketones is 1. The van der Waals surface area contributed by atoms with Gasteiger partial charge in [-0.05, 0) is 19.1 Å². The number of rotatable bonds is 4. The predicted molar refractivity (Wildman–Crippen MR) is 90.2 cm³/mol. The Morgan fingerprint density at radius 2 is 1.71 bits per heavy atom. The lowest BCUT2D eigenvalue weighted by Gasteiger charge is -2.12. The van der Waals surface area contributed by atoms with E-state index in [4.69, 9.17) is 13.9 Å². The van der Waals surface area contributed by atoms with Gasteiger partial charge in [0.1, 0.15) is 11.0 Å². The van der Waals surface area contributed by atoms with Crippen LogP contribution in [-0.4, -0.2) is 20.0 Å². The fraction of sp³-hybridized carbons (Fsp3) is 0.158. The number of benzene rings is 2. The first-order valence-electron chi connectivity index (χ1n) is 7.36. The topological polar surface area (TPSA) is 65.7 Å². The molecule has 0 saturated carbocycles. The van der Waals surface area contributed by atoms with Gasteiger partial charge in [-0.1, -0.05) is 30.3 Å². The maximum Gasteiger partial charge on any atom is 0.228 e. The fourth-order valence-electron chi connectivity index (χ4n) is 2.62. The third-order valence-electron chi connectivity index (χ3n) is 3.87. The van der Waals surface area contributed by atoms with Gasteiger partial charge in [0, 0.05) is 11.1 Å². The van der Waals surface area contributed by atoms with Crippen LogP contribution in [0.25, 0.3) is 11.0 Å². The van der Waals surface area contributed by atoms with Crippen LogP contribution in [0.5, 0.6) is 11.5 Å². The zero-order valence-corrected chi connectivity index (χ0v) is 13.6. The molecule has 0 unspecified atom stereocenters. The lowest BCUT2D eigenvalue weighted by Crippen LogP contribution is -2.14. The average Bonchev–Trinajstić information content (AvgIpc) is 2.63. The Morgan fingerprint density at radius 3 is 2.33 bits per heavy atom. The van der Waals surface area contributed by atoms with Crippen LogP contribution in [0.2, 0.25) is 0 Å². The number of hydrogen-bond donors (Lipinski definition) is 0. The summed E-state index contributed by atoms with van der Waals surface area (Å²) in [5.74, 6) is 0.428. The number of methoxy groups -OCH3 is 2. The van der Waals surface area contributed by atoms with Crippen LogP contribution in [0, 0.1) is 6.92 Å². The number of hydrogen-bond acceptors (Lipinski definition) is 5. The van der Waals surface area contributed by atoms with E-state index in [1.54, 1.807) is 43.3 Å². The summed E-state index contributed by atoms with van der Waals surface area (Å²) in [4.78, 5) is 25.4. The lowest BCUT2D eigenvalue weighted by molar-refractivity contribution is 0.101. The Hall–Kier alpha value is -3.08. The minimum Gasteiger partial charge on any atom is -0.493 e. The van der Waals surface area contributed by atoms with Gasteiger partial charge in [0.05, 0.1) is 14.2 Å². The highest BCUT2D eigenvalue weighted by atomic mass is 16.5. The number of carbonyl (C=O) groups is 1. The Kier molecular flexibility index (Phi) is 4.08. The predicted octanol–water partition coefficient (Wildman–Crippen LogP) is 3.35. The minimum atomic E-state index is -0.332. The van der Waals surface area contributed by atoms with Crippen molar-refractivity contribution in [3.8, 4) is 11.5 Å². The van der Waals surface area contributed by atoms with Gasteiger partial charge in [-0.25, -0.2) is 0 Å². The van der Waals surface area contributed by atoms with Gasteiger partial charge >= 0.3 is 0 Å². The van der Waals surface area contributed by atoms with Gasteiger partial charge in [0.15, 0.2) is 22.7 Å². The quantitative estimate of drug-likeness (QED) is 0.689. The van der Waals surface area contributed by atoms with E-state index in [1.807, 2.05) is 6.07 Å². The highest BCUT2D eigenvalue weighted by Gasteiger charge is 2.22. The Bertz CT molecular complexity index is 970. The van der Waals surface area contributed by atoms with Gasteiger partial charge in [0.25, 0.3) is 0 Å². The van der Waals surface area contributed by atoms with E-state index in [1.165, 1.54) is 14.2 Å². The maximum absolute atomic E-state index is 12.8. The largest absolute Gasteiger partial charge is 0.493 e. The highest BCUT2D eigenvalue weighted by molar-refractivity contribution is 6.08. The van der Waals surface area contributed by atoms with Gasteiger partial charge in [-0.15, -0.1) is 0 Å². The van der Waals surface area contributed by atoms with Crippen LogP contribution in [0.1, 0.15) is 21.7 Å². The smallest absolute Gasteiger partial charge is 0.228 e. The van der Waals surface area contributed by atoms with E-state index < -0.39 is 0 Å². The molecule has 24 heavy (non-hydrogen) atoms. The molecule has 0 saturated heterocycles. The normalized spacial score (nSPS) is 10.6. The molecule has 1 heterocycles. The first-order valence-corrected chi connectivity index (χ1v) is 7.36. The molecule has 3 aromatic rings. The molecule has 5 nitrogen and oxygen atoms in total. The fourth-order valence-corrected chi connectivity index (χ4v) is 2.62. The Labute approximate surface area is 138 Å². The number of carbonyl (C=O) groups excluding carboxylic acids is 1. The van der Waals surface area contributed by atoms with Crippen LogP contribution >= 0.6 is 0 Å². The molecular formula is C19H16O5. The summed E-state index contributed by atoms with van der Waals surface area (Å²) in [7, 11) is 2.95. The monoisotopic (exact) mass is 324 g/mol. The van der Waals surface area contributed by atoms with Crippen LogP contribution in [0.15, 0.2) is 51.7 Å². The number of fused-ring (bicyclic) bond motifs is 1. The highest BCUT2D eigenvalue weighted by Crippen LogP contribution is 2.34. The summed E-state index contributed by atoms with van der Waals surface area (Å²) in [5, 5.41) is 0.263. The molecule has 0 bridgehead atoms. The third-order valence-corrected chi connectivity index (χ3v) is 3.87. The van der Waals surface area contributed by atoms with E-state index in [-0.39, 0.29) is 33.5 Å². The van der Waals surface area contributed by atoms with E-state index in [0.29, 0.717) is 17.1 Å². The van der Waals surface area contributed by atoms with E-state index >= 15 is 0 Å². The third kappa shape index (κ3) is 2.44. The molecule has 0 radical (unpaired) electrons. The molecule has 0 aliphatic rings. The lowest BCUT2D eigenvalue weighted by atomic mass is 10.0. The van der Waals surface area contributed by atoms with Crippen molar-refractivity contribution in [2.24, 2.45) is 0 Å². The zero-order valence-electron chi connectivity index (χ0n) is 13.6. The van der Waals surface area contributed by atoms with Crippen LogP contribution in [0.3, 0.4) is 0 Å². The molecule has 0 spiro atoms. The average molecular weight is 324 g/mol. The van der Waals surface area contributed by atoms with E-state index in [0.717, 1.165) is 0 Å². The van der Waals surface area contributed by atoms with Crippen molar-refractivity contribution in [2.45, 2.75) is 6.92 Å². The molecule has 0 atom stereocenters. The van der Waals surface area contributed by atoms with Crippen LogP contribution in [-0.2, 0) is 0 Å². The first-order chi connectivity index (χ1) is 11.6. The Morgan fingerprint density at radius 1 is 1.00 bits per heavy atom. The van der Waals surface area contributed by atoms with Crippen LogP contribution in [0.4, 0.5) is 0 Å². The van der Waals surface area contributed by atoms with E-state index in [9.17, 15) is 9.59 Å². The zero-order chi connectivity index (χ0) is 17.3. The SMILES string of the molecule is COc1ccc2oc(C(=O)c3ccccc3)c(C)c(=O)c2c1OC. The molecule has 0 N–H and O–H groups in total. The first kappa shape index (κ1) is 15.8. The van der Waals surface area contributed by atoms with Gasteiger partial charge in [-0.2, -0.15) is 0 Å². The van der Waals surface area contributed by atoms with Crippen molar-refractivity contribution < 1.29 is 18.7 Å². The summed E-state index contributed by atoms with van der Waals surface area (Å²) in [6.07, 6.45) is 0. The van der Waals surface area contributed by atoms with Crippen molar-refractivity contribution in [3.05, 3.63) is 69.6 Å². The summed E-state index contributed by atoms with van der Waals surface area (Å²) in [5.41, 5.74) is 0.667. The van der Waals surface area contributed by atoms with Crippen molar-refractivity contribution in [2.75, 3.05) is 14.2 Å². The molecule has 0 aliphatic carbocycles.